The Kier molecular flexibility index (Phi) is 2.83. The number of hydrogen-bond donors (Lipinski definition) is 2. The molecular weight excluding hydrogens is 214 g/mol. The average Bonchev–Trinajstić information content (AvgIpc) is 2.30. The van der Waals surface area contributed by atoms with Crippen LogP contribution >= 0.6 is 0 Å². The predicted octanol–water partition coefficient (Wildman–Crippen LogP) is 2.47. The lowest BCUT2D eigenvalue weighted by atomic mass is 9.94. The number of phenols is 1. The molecule has 17 heavy (non-hydrogen) atoms. The molecular formula is C14H13NO2. The van der Waals surface area contributed by atoms with Crippen LogP contribution < -0.4 is 5.73 Å². The molecule has 0 aliphatic rings. The van der Waals surface area contributed by atoms with Crippen LogP contribution in [0.3, 0.4) is 0 Å². The molecule has 0 spiro atoms. The van der Waals surface area contributed by atoms with Gasteiger partial charge in [-0.05, 0) is 24.6 Å². The van der Waals surface area contributed by atoms with Crippen molar-refractivity contribution >= 4 is 5.91 Å². The minimum absolute atomic E-state index is 0.143. The molecule has 3 N–H and O–H groups in total. The van der Waals surface area contributed by atoms with E-state index in [-0.39, 0.29) is 5.75 Å². The summed E-state index contributed by atoms with van der Waals surface area (Å²) in [6.07, 6.45) is 0. The van der Waals surface area contributed by atoms with Crippen molar-refractivity contribution in [2.75, 3.05) is 0 Å². The summed E-state index contributed by atoms with van der Waals surface area (Å²) in [7, 11) is 0. The molecule has 0 unspecified atom stereocenters. The van der Waals surface area contributed by atoms with Crippen LogP contribution in [-0.4, -0.2) is 11.0 Å². The number of benzene rings is 2. The number of carbonyl (C=O) groups excluding carboxylic acids is 1. The maximum absolute atomic E-state index is 11.4. The monoisotopic (exact) mass is 227 g/mol. The first-order valence-corrected chi connectivity index (χ1v) is 5.29. The van der Waals surface area contributed by atoms with E-state index in [9.17, 15) is 9.90 Å². The summed E-state index contributed by atoms with van der Waals surface area (Å²) in [5.41, 5.74) is 8.00. The van der Waals surface area contributed by atoms with E-state index in [1.807, 2.05) is 19.1 Å². The molecule has 0 bridgehead atoms. The van der Waals surface area contributed by atoms with E-state index in [0.29, 0.717) is 16.7 Å². The SMILES string of the molecule is Cc1cccc(C(N)=O)c1-c1ccccc1O. The van der Waals surface area contributed by atoms with Crippen molar-refractivity contribution in [1.29, 1.82) is 0 Å². The summed E-state index contributed by atoms with van der Waals surface area (Å²) in [4.78, 5) is 11.4. The second-order valence-electron chi connectivity index (χ2n) is 3.88. The number of amides is 1. The minimum Gasteiger partial charge on any atom is -0.507 e. The van der Waals surface area contributed by atoms with Crippen LogP contribution in [0.25, 0.3) is 11.1 Å². The molecule has 0 fully saturated rings. The highest BCUT2D eigenvalue weighted by Gasteiger charge is 2.14. The Balaban J connectivity index is 2.75. The lowest BCUT2D eigenvalue weighted by Crippen LogP contribution is -2.12. The van der Waals surface area contributed by atoms with Gasteiger partial charge < -0.3 is 10.8 Å². The molecule has 0 aliphatic heterocycles. The number of aryl methyl sites for hydroxylation is 1. The molecule has 1 amide bonds. The first kappa shape index (κ1) is 11.2. The third-order valence-corrected chi connectivity index (χ3v) is 2.71. The number of carbonyl (C=O) groups is 1. The number of rotatable bonds is 2. The second-order valence-corrected chi connectivity index (χ2v) is 3.88. The number of aromatic hydroxyl groups is 1. The maximum Gasteiger partial charge on any atom is 0.249 e. The molecule has 0 saturated heterocycles. The minimum atomic E-state index is -0.494. The summed E-state index contributed by atoms with van der Waals surface area (Å²) < 4.78 is 0. The van der Waals surface area contributed by atoms with Crippen LogP contribution in [0.1, 0.15) is 15.9 Å². The molecule has 0 radical (unpaired) electrons. The van der Waals surface area contributed by atoms with E-state index in [0.717, 1.165) is 5.56 Å². The summed E-state index contributed by atoms with van der Waals surface area (Å²) >= 11 is 0. The largest absolute Gasteiger partial charge is 0.507 e. The van der Waals surface area contributed by atoms with Gasteiger partial charge in [-0.15, -0.1) is 0 Å². The Labute approximate surface area is 99.5 Å². The van der Waals surface area contributed by atoms with E-state index in [1.165, 1.54) is 0 Å². The molecule has 3 heteroatoms. The van der Waals surface area contributed by atoms with Gasteiger partial charge in [0.15, 0.2) is 0 Å². The van der Waals surface area contributed by atoms with Gasteiger partial charge in [-0.2, -0.15) is 0 Å². The van der Waals surface area contributed by atoms with Gasteiger partial charge in [0, 0.05) is 16.7 Å². The molecule has 0 aliphatic carbocycles. The van der Waals surface area contributed by atoms with Crippen molar-refractivity contribution in [2.45, 2.75) is 6.92 Å². The number of nitrogens with two attached hydrogens (primary N) is 1. The van der Waals surface area contributed by atoms with E-state index in [1.54, 1.807) is 30.3 Å². The summed E-state index contributed by atoms with van der Waals surface area (Å²) in [5, 5.41) is 9.84. The van der Waals surface area contributed by atoms with Crippen molar-refractivity contribution in [2.24, 2.45) is 5.73 Å². The Morgan fingerprint density at radius 2 is 1.82 bits per heavy atom. The number of primary amides is 1. The summed E-state index contributed by atoms with van der Waals surface area (Å²) in [6.45, 7) is 1.88. The van der Waals surface area contributed by atoms with Crippen molar-refractivity contribution < 1.29 is 9.90 Å². The first-order chi connectivity index (χ1) is 8.11. The standard InChI is InChI=1S/C14H13NO2/c1-9-5-4-7-11(14(15)17)13(9)10-6-2-3-8-12(10)16/h2-8,16H,1H3,(H2,15,17). The van der Waals surface area contributed by atoms with Gasteiger partial charge in [-0.3, -0.25) is 4.79 Å². The fourth-order valence-corrected chi connectivity index (χ4v) is 1.92. The fraction of sp³-hybridized carbons (Fsp3) is 0.0714. The zero-order valence-electron chi connectivity index (χ0n) is 9.47. The number of para-hydroxylation sites is 1. The lowest BCUT2D eigenvalue weighted by Gasteiger charge is -2.11. The topological polar surface area (TPSA) is 63.3 Å². The lowest BCUT2D eigenvalue weighted by molar-refractivity contribution is 0.100. The average molecular weight is 227 g/mol. The molecule has 3 nitrogen and oxygen atoms in total. The van der Waals surface area contributed by atoms with Crippen LogP contribution in [-0.2, 0) is 0 Å². The van der Waals surface area contributed by atoms with Gasteiger partial charge in [0.1, 0.15) is 5.75 Å². The summed E-state index contributed by atoms with van der Waals surface area (Å²) in [6, 6.07) is 12.2. The smallest absolute Gasteiger partial charge is 0.249 e. The van der Waals surface area contributed by atoms with Crippen LogP contribution in [0, 0.1) is 6.92 Å². The van der Waals surface area contributed by atoms with Gasteiger partial charge in [0.25, 0.3) is 0 Å². The van der Waals surface area contributed by atoms with Crippen molar-refractivity contribution in [1.82, 2.24) is 0 Å². The molecule has 2 aromatic carbocycles. The van der Waals surface area contributed by atoms with E-state index in [2.05, 4.69) is 0 Å². The van der Waals surface area contributed by atoms with Gasteiger partial charge in [-0.1, -0.05) is 30.3 Å². The van der Waals surface area contributed by atoms with Crippen LogP contribution in [0.5, 0.6) is 5.75 Å². The molecule has 0 aromatic heterocycles. The van der Waals surface area contributed by atoms with Crippen LogP contribution in [0.2, 0.25) is 0 Å². The highest BCUT2D eigenvalue weighted by atomic mass is 16.3. The third kappa shape index (κ3) is 1.99. The van der Waals surface area contributed by atoms with E-state index in [4.69, 9.17) is 5.73 Å². The quantitative estimate of drug-likeness (QED) is 0.827. The predicted molar refractivity (Wildman–Crippen MR) is 66.8 cm³/mol. The zero-order valence-corrected chi connectivity index (χ0v) is 9.47. The highest BCUT2D eigenvalue weighted by Crippen LogP contribution is 2.33. The second kappa shape index (κ2) is 4.29. The molecule has 0 saturated carbocycles. The van der Waals surface area contributed by atoms with Crippen molar-refractivity contribution in [3.05, 3.63) is 53.6 Å². The number of hydrogen-bond acceptors (Lipinski definition) is 2. The molecule has 0 heterocycles. The maximum atomic E-state index is 11.4. The fourth-order valence-electron chi connectivity index (χ4n) is 1.92. The van der Waals surface area contributed by atoms with E-state index >= 15 is 0 Å². The molecule has 0 atom stereocenters. The Morgan fingerprint density at radius 1 is 1.12 bits per heavy atom. The summed E-state index contributed by atoms with van der Waals surface area (Å²) in [5.74, 6) is -0.351. The van der Waals surface area contributed by atoms with Gasteiger partial charge in [-0.25, -0.2) is 0 Å². The normalized spacial score (nSPS) is 10.2. The van der Waals surface area contributed by atoms with Gasteiger partial charge >= 0.3 is 0 Å². The van der Waals surface area contributed by atoms with Crippen LogP contribution in [0.4, 0.5) is 0 Å². The zero-order chi connectivity index (χ0) is 12.4. The van der Waals surface area contributed by atoms with Gasteiger partial charge in [0.2, 0.25) is 5.91 Å². The Bertz CT molecular complexity index is 576. The van der Waals surface area contributed by atoms with Crippen molar-refractivity contribution in [3.8, 4) is 16.9 Å². The third-order valence-electron chi connectivity index (χ3n) is 2.71. The Morgan fingerprint density at radius 3 is 2.47 bits per heavy atom. The molecule has 2 aromatic rings. The molecule has 2 rings (SSSR count). The number of phenolic OH excluding ortho intramolecular Hbond substituents is 1. The van der Waals surface area contributed by atoms with E-state index < -0.39 is 5.91 Å². The molecule has 86 valence electrons. The highest BCUT2D eigenvalue weighted by molar-refractivity contribution is 6.01. The van der Waals surface area contributed by atoms with Gasteiger partial charge in [0.05, 0.1) is 0 Å². The van der Waals surface area contributed by atoms with Crippen LogP contribution in [0.15, 0.2) is 42.5 Å². The van der Waals surface area contributed by atoms with Crippen molar-refractivity contribution in [3.63, 3.8) is 0 Å². The first-order valence-electron chi connectivity index (χ1n) is 5.29. The Hall–Kier alpha value is -2.29.